The number of aryl methyl sites for hydroxylation is 1. The Bertz CT molecular complexity index is 1130. The maximum Gasteiger partial charge on any atom is 0.237 e. The number of hydrogen-bond donors (Lipinski definition) is 2. The monoisotopic (exact) mass is 485 g/mol. The van der Waals surface area contributed by atoms with Gasteiger partial charge in [-0.1, -0.05) is 37.7 Å². The van der Waals surface area contributed by atoms with E-state index in [0.717, 1.165) is 16.9 Å². The molecule has 182 valence electrons. The largest absolute Gasteiger partial charge is 0.497 e. The predicted octanol–water partition coefficient (Wildman–Crippen LogP) is 4.14. The van der Waals surface area contributed by atoms with Crippen molar-refractivity contribution >= 4 is 23.4 Å². The number of nitrogens with one attached hydrogen (secondary N) is 1. The van der Waals surface area contributed by atoms with Gasteiger partial charge in [0.05, 0.1) is 19.5 Å². The van der Waals surface area contributed by atoms with Crippen LogP contribution >= 0.6 is 11.8 Å². The van der Waals surface area contributed by atoms with Gasteiger partial charge in [0.15, 0.2) is 5.82 Å². The number of thioether (sulfide) groups is 1. The summed E-state index contributed by atoms with van der Waals surface area (Å²) < 4.78 is 17.9. The van der Waals surface area contributed by atoms with E-state index in [2.05, 4.69) is 41.5 Å². The number of nitrogen functional groups attached to an aromatic ring is 1. The average molecular weight is 486 g/mol. The molecule has 3 rings (SSSR count). The van der Waals surface area contributed by atoms with Crippen molar-refractivity contribution in [3.8, 4) is 17.2 Å². The van der Waals surface area contributed by atoms with Gasteiger partial charge < -0.3 is 25.4 Å². The Labute approximate surface area is 204 Å². The minimum absolute atomic E-state index is 0.164. The molecule has 10 heteroatoms. The number of anilines is 1. The molecular weight excluding hydrogens is 454 g/mol. The van der Waals surface area contributed by atoms with Crippen molar-refractivity contribution in [1.82, 2.24) is 14.9 Å². The fourth-order valence-corrected chi connectivity index (χ4v) is 4.00. The molecule has 0 radical (unpaired) electrons. The summed E-state index contributed by atoms with van der Waals surface area (Å²) in [5.41, 5.74) is 2.79. The Morgan fingerprint density at radius 3 is 2.38 bits per heavy atom. The molecule has 0 saturated carbocycles. The maximum atomic E-state index is 12.7. The first-order chi connectivity index (χ1) is 16.2. The molecule has 3 N–H and O–H groups in total. The number of nitrogens with zero attached hydrogens (tertiary/aromatic N) is 3. The summed E-state index contributed by atoms with van der Waals surface area (Å²) in [7, 11) is 3.10. The van der Waals surface area contributed by atoms with Gasteiger partial charge in [-0.25, -0.2) is 4.68 Å². The van der Waals surface area contributed by atoms with Gasteiger partial charge >= 0.3 is 0 Å². The number of benzene rings is 2. The van der Waals surface area contributed by atoms with Gasteiger partial charge in [0.2, 0.25) is 11.1 Å². The van der Waals surface area contributed by atoms with E-state index in [9.17, 15) is 4.79 Å². The van der Waals surface area contributed by atoms with Crippen LogP contribution in [0.15, 0.2) is 41.6 Å². The SMILES string of the molecule is COc1cc(NC(=O)C(C)Sc2nnc(COc3cc(C)ccc3C(C)C)n2N)cc(OC)c1. The van der Waals surface area contributed by atoms with Crippen LogP contribution in [0, 0.1) is 6.92 Å². The van der Waals surface area contributed by atoms with E-state index in [0.29, 0.717) is 34.1 Å². The van der Waals surface area contributed by atoms with Gasteiger partial charge in [-0.05, 0) is 37.0 Å². The van der Waals surface area contributed by atoms with Gasteiger partial charge in [0.1, 0.15) is 23.9 Å². The van der Waals surface area contributed by atoms with Crippen LogP contribution in [0.3, 0.4) is 0 Å². The van der Waals surface area contributed by atoms with Crippen molar-refractivity contribution in [3.63, 3.8) is 0 Å². The van der Waals surface area contributed by atoms with Crippen LogP contribution in [0.5, 0.6) is 17.2 Å². The van der Waals surface area contributed by atoms with E-state index >= 15 is 0 Å². The number of ether oxygens (including phenoxy) is 3. The van der Waals surface area contributed by atoms with E-state index in [1.54, 1.807) is 39.3 Å². The van der Waals surface area contributed by atoms with Crippen LogP contribution < -0.4 is 25.4 Å². The number of aromatic nitrogens is 3. The summed E-state index contributed by atoms with van der Waals surface area (Å²) >= 11 is 1.20. The molecule has 1 aromatic heterocycles. The summed E-state index contributed by atoms with van der Waals surface area (Å²) in [5, 5.41) is 11.1. The van der Waals surface area contributed by atoms with Crippen LogP contribution in [0.1, 0.15) is 43.6 Å². The van der Waals surface area contributed by atoms with Crippen LogP contribution in [-0.4, -0.2) is 40.3 Å². The topological polar surface area (TPSA) is 114 Å². The highest BCUT2D eigenvalue weighted by Crippen LogP contribution is 2.29. The molecule has 2 aromatic carbocycles. The summed E-state index contributed by atoms with van der Waals surface area (Å²) in [6.45, 7) is 8.18. The third kappa shape index (κ3) is 6.13. The van der Waals surface area contributed by atoms with E-state index in [-0.39, 0.29) is 12.5 Å². The number of carbonyl (C=O) groups excluding carboxylic acids is 1. The van der Waals surface area contributed by atoms with E-state index < -0.39 is 5.25 Å². The van der Waals surface area contributed by atoms with Crippen LogP contribution in [0.4, 0.5) is 5.69 Å². The second-order valence-electron chi connectivity index (χ2n) is 8.10. The second kappa shape index (κ2) is 11.1. The molecule has 1 unspecified atom stereocenters. The van der Waals surface area contributed by atoms with Crippen molar-refractivity contribution < 1.29 is 19.0 Å². The van der Waals surface area contributed by atoms with Crippen molar-refractivity contribution in [2.45, 2.75) is 50.6 Å². The van der Waals surface area contributed by atoms with Crippen LogP contribution in [0.2, 0.25) is 0 Å². The highest BCUT2D eigenvalue weighted by molar-refractivity contribution is 8.00. The second-order valence-corrected chi connectivity index (χ2v) is 9.41. The molecule has 1 atom stereocenters. The summed E-state index contributed by atoms with van der Waals surface area (Å²) in [6, 6.07) is 11.3. The van der Waals surface area contributed by atoms with Gasteiger partial charge in [-0.15, -0.1) is 10.2 Å². The van der Waals surface area contributed by atoms with Gasteiger partial charge in [0.25, 0.3) is 0 Å². The number of nitrogens with two attached hydrogens (primary N) is 1. The number of amides is 1. The molecule has 0 aliphatic rings. The zero-order valence-corrected chi connectivity index (χ0v) is 21.1. The summed E-state index contributed by atoms with van der Waals surface area (Å²) in [6.07, 6.45) is 0. The molecule has 0 bridgehead atoms. The van der Waals surface area contributed by atoms with Gasteiger partial charge in [-0.2, -0.15) is 0 Å². The maximum absolute atomic E-state index is 12.7. The fraction of sp³-hybridized carbons (Fsp3) is 0.375. The Morgan fingerprint density at radius 2 is 1.76 bits per heavy atom. The molecule has 1 amide bonds. The lowest BCUT2D eigenvalue weighted by molar-refractivity contribution is -0.115. The molecule has 0 aliphatic heterocycles. The number of carbonyl (C=O) groups is 1. The number of rotatable bonds is 10. The van der Waals surface area contributed by atoms with Gasteiger partial charge in [-0.3, -0.25) is 4.79 Å². The zero-order valence-electron chi connectivity index (χ0n) is 20.3. The smallest absolute Gasteiger partial charge is 0.237 e. The van der Waals surface area contributed by atoms with Crippen LogP contribution in [0.25, 0.3) is 0 Å². The summed E-state index contributed by atoms with van der Waals surface area (Å²) in [5.74, 6) is 8.72. The minimum atomic E-state index is -0.484. The molecular formula is C24H31N5O4S. The first-order valence-corrected chi connectivity index (χ1v) is 11.7. The van der Waals surface area contributed by atoms with Crippen molar-refractivity contribution in [3.05, 3.63) is 53.3 Å². The Balaban J connectivity index is 1.65. The van der Waals surface area contributed by atoms with Crippen molar-refractivity contribution in [2.24, 2.45) is 0 Å². The molecule has 1 heterocycles. The predicted molar refractivity (Wildman–Crippen MR) is 133 cm³/mol. The highest BCUT2D eigenvalue weighted by Gasteiger charge is 2.20. The van der Waals surface area contributed by atoms with Gasteiger partial charge in [0, 0.05) is 23.9 Å². The molecule has 0 spiro atoms. The lowest BCUT2D eigenvalue weighted by Crippen LogP contribution is -2.24. The Morgan fingerprint density at radius 1 is 1.09 bits per heavy atom. The molecule has 0 saturated heterocycles. The third-order valence-electron chi connectivity index (χ3n) is 5.15. The van der Waals surface area contributed by atoms with Crippen LogP contribution in [-0.2, 0) is 11.4 Å². The molecule has 9 nitrogen and oxygen atoms in total. The first kappa shape index (κ1) is 25.2. The molecule has 3 aromatic rings. The average Bonchev–Trinajstić information content (AvgIpc) is 3.15. The van der Waals surface area contributed by atoms with Crippen molar-refractivity contribution in [1.29, 1.82) is 0 Å². The Hall–Kier alpha value is -3.40. The molecule has 0 fully saturated rings. The normalized spacial score (nSPS) is 11.9. The lowest BCUT2D eigenvalue weighted by atomic mass is 10.0. The Kier molecular flexibility index (Phi) is 8.27. The quantitative estimate of drug-likeness (QED) is 0.325. The lowest BCUT2D eigenvalue weighted by Gasteiger charge is -2.15. The third-order valence-corrected chi connectivity index (χ3v) is 6.21. The van der Waals surface area contributed by atoms with E-state index in [1.807, 2.05) is 13.0 Å². The van der Waals surface area contributed by atoms with E-state index in [4.69, 9.17) is 20.1 Å². The minimum Gasteiger partial charge on any atom is -0.497 e. The van der Waals surface area contributed by atoms with E-state index in [1.165, 1.54) is 16.4 Å². The molecule has 34 heavy (non-hydrogen) atoms. The highest BCUT2D eigenvalue weighted by atomic mass is 32.2. The van der Waals surface area contributed by atoms with Crippen molar-refractivity contribution in [2.75, 3.05) is 25.4 Å². The molecule has 0 aliphatic carbocycles. The fourth-order valence-electron chi connectivity index (χ4n) is 3.21. The number of hydrogen-bond acceptors (Lipinski definition) is 8. The standard InChI is InChI=1S/C24H31N5O4S/c1-14(2)20-8-7-15(3)9-21(20)33-13-22-27-28-24(29(22)25)34-16(4)23(30)26-17-10-18(31-5)12-19(11-17)32-6/h7-12,14,16H,13,25H2,1-6H3,(H,26,30). The number of methoxy groups -OCH3 is 2. The summed E-state index contributed by atoms with van der Waals surface area (Å²) in [4.78, 5) is 12.7. The first-order valence-electron chi connectivity index (χ1n) is 10.8. The zero-order chi connectivity index (χ0) is 24.8.